The predicted octanol–water partition coefficient (Wildman–Crippen LogP) is 0.726. The van der Waals surface area contributed by atoms with Crippen molar-refractivity contribution in [3.05, 3.63) is 36.0 Å². The number of hydrogen-bond donors (Lipinski definition) is 5. The first-order valence-electron chi connectivity index (χ1n) is 10.8. The largest absolute Gasteiger partial charge is 0.390 e. The zero-order valence-corrected chi connectivity index (χ0v) is 19.7. The molecule has 10 heteroatoms. The molecule has 2 rings (SSSR count). The third-order valence-electron chi connectivity index (χ3n) is 5.27. The molecule has 0 saturated heterocycles. The van der Waals surface area contributed by atoms with E-state index in [4.69, 9.17) is 9.57 Å². The number of methoxy groups -OCH3 is 1. The Labute approximate surface area is 193 Å². The van der Waals surface area contributed by atoms with Gasteiger partial charge in [-0.25, -0.2) is 0 Å². The molecule has 1 aromatic carbocycles. The Morgan fingerprint density at radius 3 is 2.48 bits per heavy atom. The van der Waals surface area contributed by atoms with Crippen molar-refractivity contribution in [3.8, 4) is 0 Å². The van der Waals surface area contributed by atoms with Gasteiger partial charge in [0.2, 0.25) is 5.91 Å². The zero-order valence-electron chi connectivity index (χ0n) is 19.7. The van der Waals surface area contributed by atoms with E-state index in [1.165, 1.54) is 21.1 Å². The highest BCUT2D eigenvalue weighted by Gasteiger charge is 2.30. The minimum absolute atomic E-state index is 0.0617. The molecule has 2 amide bonds. The number of nitrogens with zero attached hydrogens (tertiary/aromatic N) is 1. The fraction of sp³-hybridized carbons (Fsp3) is 0.522. The summed E-state index contributed by atoms with van der Waals surface area (Å²) in [5, 5.41) is 30.1. The standard InChI is InChI=1S/C23H34N4O6/c1-13(2)22(32-5)20(21(30)14(3)28)27-33-12-19(29)26-18(23(31)24-4)10-15-11-25-17-9-7-6-8-16(15)17/h6-9,11,13-14,18,21-22,25,28,30H,10,12H2,1-5H3,(H,24,31)(H,26,29)/b27-20+/t14-,18+,21+,22+/m1/s1. The Morgan fingerprint density at radius 2 is 1.88 bits per heavy atom. The van der Waals surface area contributed by atoms with E-state index in [0.29, 0.717) is 0 Å². The predicted molar refractivity (Wildman–Crippen MR) is 125 cm³/mol. The van der Waals surface area contributed by atoms with Crippen molar-refractivity contribution < 1.29 is 29.4 Å². The van der Waals surface area contributed by atoms with Gasteiger partial charge in [-0.2, -0.15) is 0 Å². The van der Waals surface area contributed by atoms with Crippen LogP contribution >= 0.6 is 0 Å². The number of aliphatic hydroxyl groups excluding tert-OH is 2. The van der Waals surface area contributed by atoms with Crippen molar-refractivity contribution >= 4 is 28.4 Å². The number of rotatable bonds is 12. The first-order chi connectivity index (χ1) is 15.7. The highest BCUT2D eigenvalue weighted by atomic mass is 16.6. The van der Waals surface area contributed by atoms with Crippen molar-refractivity contribution in [3.63, 3.8) is 0 Å². The molecule has 33 heavy (non-hydrogen) atoms. The lowest BCUT2D eigenvalue weighted by Gasteiger charge is -2.25. The van der Waals surface area contributed by atoms with Gasteiger partial charge in [0.1, 0.15) is 24.0 Å². The lowest BCUT2D eigenvalue weighted by atomic mass is 9.96. The number of hydrogen-bond acceptors (Lipinski definition) is 7. The number of carbonyl (C=O) groups is 2. The molecular formula is C23H34N4O6. The van der Waals surface area contributed by atoms with Gasteiger partial charge >= 0.3 is 0 Å². The van der Waals surface area contributed by atoms with E-state index in [9.17, 15) is 19.8 Å². The topological polar surface area (TPSA) is 145 Å². The van der Waals surface area contributed by atoms with Crippen LogP contribution in [0.1, 0.15) is 26.3 Å². The molecule has 2 aromatic rings. The zero-order chi connectivity index (χ0) is 24.5. The maximum atomic E-state index is 12.5. The van der Waals surface area contributed by atoms with E-state index < -0.39 is 36.9 Å². The van der Waals surface area contributed by atoms with Crippen LogP contribution in [0.4, 0.5) is 0 Å². The van der Waals surface area contributed by atoms with Gasteiger partial charge in [0.25, 0.3) is 5.91 Å². The normalized spacial score (nSPS) is 15.7. The Kier molecular flexibility index (Phi) is 9.83. The summed E-state index contributed by atoms with van der Waals surface area (Å²) in [5.41, 5.74) is 1.91. The number of fused-ring (bicyclic) bond motifs is 1. The molecule has 0 radical (unpaired) electrons. The summed E-state index contributed by atoms with van der Waals surface area (Å²) >= 11 is 0. The van der Waals surface area contributed by atoms with Crippen LogP contribution in [0, 0.1) is 5.92 Å². The fourth-order valence-electron chi connectivity index (χ4n) is 3.56. The SMILES string of the molecule is CNC(=O)[C@H](Cc1c[nH]c2ccccc12)NC(=O)CO/N=C(/[C@@H](OC)C(C)C)[C@@H](O)[C@@H](C)O. The number of aromatic amines is 1. The molecule has 0 spiro atoms. The molecule has 10 nitrogen and oxygen atoms in total. The van der Waals surface area contributed by atoms with Gasteiger partial charge in [-0.15, -0.1) is 0 Å². The number of likely N-dealkylation sites (N-methyl/N-ethyl adjacent to an activating group) is 1. The number of carbonyl (C=O) groups excluding carboxylic acids is 2. The Morgan fingerprint density at radius 1 is 1.18 bits per heavy atom. The second kappa shape index (κ2) is 12.3. The number of ether oxygens (including phenoxy) is 1. The fourth-order valence-corrected chi connectivity index (χ4v) is 3.56. The van der Waals surface area contributed by atoms with Crippen LogP contribution in [-0.2, 0) is 25.6 Å². The van der Waals surface area contributed by atoms with Crippen LogP contribution < -0.4 is 10.6 Å². The Hall–Kier alpha value is -2.95. The van der Waals surface area contributed by atoms with Gasteiger partial charge in [0, 0.05) is 37.7 Å². The van der Waals surface area contributed by atoms with Crippen LogP contribution in [0.5, 0.6) is 0 Å². The van der Waals surface area contributed by atoms with E-state index >= 15 is 0 Å². The number of amides is 2. The Balaban J connectivity index is 2.09. The number of aliphatic hydroxyl groups is 2. The van der Waals surface area contributed by atoms with Crippen LogP contribution in [0.2, 0.25) is 0 Å². The minimum atomic E-state index is -1.32. The molecule has 0 saturated carbocycles. The molecule has 1 aromatic heterocycles. The van der Waals surface area contributed by atoms with Crippen molar-refractivity contribution in [2.75, 3.05) is 20.8 Å². The van der Waals surface area contributed by atoms with E-state index in [1.54, 1.807) is 0 Å². The molecule has 4 atom stereocenters. The van der Waals surface area contributed by atoms with E-state index in [0.717, 1.165) is 16.5 Å². The number of benzene rings is 1. The molecular weight excluding hydrogens is 428 g/mol. The van der Waals surface area contributed by atoms with Crippen molar-refractivity contribution in [1.29, 1.82) is 0 Å². The molecule has 0 unspecified atom stereocenters. The maximum absolute atomic E-state index is 12.5. The van der Waals surface area contributed by atoms with Gasteiger partial charge in [-0.3, -0.25) is 9.59 Å². The van der Waals surface area contributed by atoms with Gasteiger partial charge in [-0.1, -0.05) is 37.2 Å². The van der Waals surface area contributed by atoms with Gasteiger partial charge in [0.15, 0.2) is 6.61 Å². The van der Waals surface area contributed by atoms with Gasteiger partial charge in [0.05, 0.1) is 6.10 Å². The van der Waals surface area contributed by atoms with Crippen molar-refractivity contribution in [2.45, 2.75) is 51.5 Å². The second-order valence-electron chi connectivity index (χ2n) is 8.17. The average Bonchev–Trinajstić information content (AvgIpc) is 3.19. The molecule has 182 valence electrons. The van der Waals surface area contributed by atoms with Crippen molar-refractivity contribution in [1.82, 2.24) is 15.6 Å². The summed E-state index contributed by atoms with van der Waals surface area (Å²) in [5.74, 6) is -0.966. The third kappa shape index (κ3) is 7.01. The number of oxime groups is 1. The molecule has 0 aliphatic rings. The molecule has 1 heterocycles. The van der Waals surface area contributed by atoms with E-state index in [2.05, 4.69) is 20.8 Å². The quantitative estimate of drug-likeness (QED) is 0.232. The van der Waals surface area contributed by atoms with Crippen LogP contribution in [0.25, 0.3) is 10.9 Å². The molecule has 0 aliphatic heterocycles. The lowest BCUT2D eigenvalue weighted by Crippen LogP contribution is -2.48. The molecule has 0 aliphatic carbocycles. The minimum Gasteiger partial charge on any atom is -0.390 e. The Bertz CT molecular complexity index is 955. The number of aromatic nitrogens is 1. The van der Waals surface area contributed by atoms with Crippen molar-refractivity contribution in [2.24, 2.45) is 11.1 Å². The molecule has 0 fully saturated rings. The number of H-pyrrole nitrogens is 1. The summed E-state index contributed by atoms with van der Waals surface area (Å²) in [7, 11) is 2.96. The third-order valence-corrected chi connectivity index (χ3v) is 5.27. The smallest absolute Gasteiger partial charge is 0.261 e. The highest BCUT2D eigenvalue weighted by molar-refractivity contribution is 5.93. The number of nitrogens with one attached hydrogen (secondary N) is 3. The molecule has 5 N–H and O–H groups in total. The van der Waals surface area contributed by atoms with Gasteiger partial charge in [-0.05, 0) is 24.5 Å². The van der Waals surface area contributed by atoms with Gasteiger partial charge < -0.3 is 35.4 Å². The summed E-state index contributed by atoms with van der Waals surface area (Å²) in [6.45, 7) is 4.66. The average molecular weight is 463 g/mol. The first kappa shape index (κ1) is 26.3. The maximum Gasteiger partial charge on any atom is 0.261 e. The van der Waals surface area contributed by atoms with E-state index in [-0.39, 0.29) is 24.0 Å². The van der Waals surface area contributed by atoms with Crippen LogP contribution in [0.3, 0.4) is 0 Å². The highest BCUT2D eigenvalue weighted by Crippen LogP contribution is 2.19. The molecule has 0 bridgehead atoms. The van der Waals surface area contributed by atoms with Crippen LogP contribution in [-0.4, -0.2) is 77.8 Å². The van der Waals surface area contributed by atoms with E-state index in [1.807, 2.05) is 44.3 Å². The summed E-state index contributed by atoms with van der Waals surface area (Å²) in [6.07, 6.45) is -0.942. The monoisotopic (exact) mass is 462 g/mol. The second-order valence-corrected chi connectivity index (χ2v) is 8.17. The lowest BCUT2D eigenvalue weighted by molar-refractivity contribution is -0.131. The number of para-hydroxylation sites is 1. The van der Waals surface area contributed by atoms with Crippen LogP contribution in [0.15, 0.2) is 35.6 Å². The first-order valence-corrected chi connectivity index (χ1v) is 10.8. The summed E-state index contributed by atoms with van der Waals surface area (Å²) in [4.78, 5) is 33.2. The summed E-state index contributed by atoms with van der Waals surface area (Å²) in [6, 6.07) is 6.87. The summed E-state index contributed by atoms with van der Waals surface area (Å²) < 4.78 is 5.37.